The third-order valence-electron chi connectivity index (χ3n) is 4.38. The number of aryl methyl sites for hydroxylation is 3. The largest absolute Gasteiger partial charge is 0.507 e. The minimum absolute atomic E-state index is 0.122. The average molecular weight is 339 g/mol. The van der Waals surface area contributed by atoms with Crippen molar-refractivity contribution in [2.45, 2.75) is 32.6 Å². The van der Waals surface area contributed by atoms with Gasteiger partial charge in [0, 0.05) is 10.4 Å². The summed E-state index contributed by atoms with van der Waals surface area (Å²) < 4.78 is 1.33. The summed E-state index contributed by atoms with van der Waals surface area (Å²) >= 11 is 1.64. The van der Waals surface area contributed by atoms with E-state index in [1.165, 1.54) is 22.2 Å². The standard InChI is InChI=1S/C18H17N3O2S/c1-11-20-17-16(13-7-3-5-9-15(13)24-17)18(23)21(11)19-10-12-6-2-4-8-14(12)22/h2,4,6,8,10,22H,3,5,7,9H2,1H3/b19-10+. The lowest BCUT2D eigenvalue weighted by molar-refractivity contribution is 0.474. The van der Waals surface area contributed by atoms with Crippen LogP contribution < -0.4 is 5.56 Å². The summed E-state index contributed by atoms with van der Waals surface area (Å²) in [5.41, 5.74) is 1.60. The lowest BCUT2D eigenvalue weighted by Crippen LogP contribution is -2.21. The van der Waals surface area contributed by atoms with Crippen LogP contribution in [0.3, 0.4) is 0 Å². The Morgan fingerprint density at radius 3 is 2.92 bits per heavy atom. The number of fused-ring (bicyclic) bond motifs is 3. The van der Waals surface area contributed by atoms with Gasteiger partial charge in [-0.15, -0.1) is 11.3 Å². The zero-order chi connectivity index (χ0) is 16.7. The van der Waals surface area contributed by atoms with Gasteiger partial charge in [0.2, 0.25) is 0 Å². The molecular formula is C18H17N3O2S. The van der Waals surface area contributed by atoms with Crippen molar-refractivity contribution in [3.8, 4) is 5.75 Å². The zero-order valence-corrected chi connectivity index (χ0v) is 14.1. The molecule has 0 unspecified atom stereocenters. The van der Waals surface area contributed by atoms with E-state index >= 15 is 0 Å². The second kappa shape index (κ2) is 5.87. The number of hydrogen-bond acceptors (Lipinski definition) is 5. The van der Waals surface area contributed by atoms with Crippen LogP contribution >= 0.6 is 11.3 Å². The Morgan fingerprint density at radius 1 is 1.29 bits per heavy atom. The van der Waals surface area contributed by atoms with Crippen LogP contribution in [0.15, 0.2) is 34.2 Å². The van der Waals surface area contributed by atoms with Gasteiger partial charge in [-0.25, -0.2) is 4.98 Å². The summed E-state index contributed by atoms with van der Waals surface area (Å²) in [4.78, 5) is 19.6. The van der Waals surface area contributed by atoms with Crippen molar-refractivity contribution in [1.82, 2.24) is 9.66 Å². The number of nitrogens with zero attached hydrogens (tertiary/aromatic N) is 3. The first-order valence-corrected chi connectivity index (χ1v) is 8.83. The summed E-state index contributed by atoms with van der Waals surface area (Å²) in [7, 11) is 0. The molecular weight excluding hydrogens is 322 g/mol. The highest BCUT2D eigenvalue weighted by Crippen LogP contribution is 2.33. The summed E-state index contributed by atoms with van der Waals surface area (Å²) in [6.07, 6.45) is 5.77. The van der Waals surface area contributed by atoms with E-state index < -0.39 is 0 Å². The summed E-state index contributed by atoms with van der Waals surface area (Å²) in [6.45, 7) is 1.78. The van der Waals surface area contributed by atoms with E-state index in [4.69, 9.17) is 0 Å². The van der Waals surface area contributed by atoms with Gasteiger partial charge in [-0.2, -0.15) is 9.78 Å². The van der Waals surface area contributed by atoms with Gasteiger partial charge in [0.05, 0.1) is 11.6 Å². The Hall–Kier alpha value is -2.47. The molecule has 1 N–H and O–H groups in total. The molecule has 4 rings (SSSR count). The smallest absolute Gasteiger partial charge is 0.283 e. The molecule has 0 fully saturated rings. The molecule has 0 aliphatic heterocycles. The fourth-order valence-electron chi connectivity index (χ4n) is 3.15. The predicted molar refractivity (Wildman–Crippen MR) is 96.4 cm³/mol. The molecule has 0 atom stereocenters. The lowest BCUT2D eigenvalue weighted by atomic mass is 9.97. The van der Waals surface area contributed by atoms with Crippen LogP contribution in [0.5, 0.6) is 5.75 Å². The number of hydrogen-bond donors (Lipinski definition) is 1. The Bertz CT molecular complexity index is 1020. The van der Waals surface area contributed by atoms with E-state index in [1.807, 2.05) is 6.07 Å². The first-order chi connectivity index (χ1) is 11.6. The summed E-state index contributed by atoms with van der Waals surface area (Å²) in [5.74, 6) is 0.687. The van der Waals surface area contributed by atoms with Gasteiger partial charge < -0.3 is 5.11 Å². The zero-order valence-electron chi connectivity index (χ0n) is 13.3. The molecule has 0 saturated carbocycles. The van der Waals surface area contributed by atoms with Crippen molar-refractivity contribution in [2.24, 2.45) is 5.10 Å². The predicted octanol–water partition coefficient (Wildman–Crippen LogP) is 3.23. The third kappa shape index (κ3) is 2.43. The average Bonchev–Trinajstić information content (AvgIpc) is 2.94. The molecule has 0 amide bonds. The van der Waals surface area contributed by atoms with Crippen LogP contribution in [-0.2, 0) is 12.8 Å². The highest BCUT2D eigenvalue weighted by atomic mass is 32.1. The minimum atomic E-state index is -0.122. The van der Waals surface area contributed by atoms with Crippen LogP contribution in [0, 0.1) is 6.92 Å². The Balaban J connectivity index is 1.87. The first-order valence-electron chi connectivity index (χ1n) is 8.01. The second-order valence-electron chi connectivity index (χ2n) is 5.97. The molecule has 24 heavy (non-hydrogen) atoms. The van der Waals surface area contributed by atoms with Gasteiger partial charge in [-0.05, 0) is 50.3 Å². The van der Waals surface area contributed by atoms with Gasteiger partial charge >= 0.3 is 0 Å². The maximum atomic E-state index is 12.9. The van der Waals surface area contributed by atoms with Crippen molar-refractivity contribution in [2.75, 3.05) is 0 Å². The molecule has 6 heteroatoms. The number of benzene rings is 1. The number of aromatic hydroxyl groups is 1. The topological polar surface area (TPSA) is 67.5 Å². The van der Waals surface area contributed by atoms with E-state index in [9.17, 15) is 9.90 Å². The van der Waals surface area contributed by atoms with Crippen LogP contribution in [0.4, 0.5) is 0 Å². The molecule has 0 radical (unpaired) electrons. The monoisotopic (exact) mass is 339 g/mol. The van der Waals surface area contributed by atoms with E-state index in [1.54, 1.807) is 36.5 Å². The Labute approximate surface area is 142 Å². The number of aromatic nitrogens is 2. The maximum absolute atomic E-state index is 12.9. The van der Waals surface area contributed by atoms with Crippen molar-refractivity contribution in [3.63, 3.8) is 0 Å². The molecule has 0 spiro atoms. The molecule has 2 heterocycles. The van der Waals surface area contributed by atoms with Crippen molar-refractivity contribution in [3.05, 3.63) is 56.4 Å². The Kier molecular flexibility index (Phi) is 3.69. The molecule has 0 bridgehead atoms. The third-order valence-corrected chi connectivity index (χ3v) is 5.56. The fourth-order valence-corrected chi connectivity index (χ4v) is 4.45. The van der Waals surface area contributed by atoms with Crippen LogP contribution in [0.2, 0.25) is 0 Å². The molecule has 1 aromatic carbocycles. The van der Waals surface area contributed by atoms with Crippen molar-refractivity contribution in [1.29, 1.82) is 0 Å². The van der Waals surface area contributed by atoms with Crippen LogP contribution in [-0.4, -0.2) is 21.0 Å². The number of thiophene rings is 1. The number of phenolic OH excluding ortho intramolecular Hbond substituents is 1. The van der Waals surface area contributed by atoms with E-state index in [-0.39, 0.29) is 11.3 Å². The SMILES string of the molecule is Cc1nc2sc3c(c2c(=O)n1/N=C/c1ccccc1O)CCCC3. The van der Waals surface area contributed by atoms with Gasteiger partial charge in [0.25, 0.3) is 5.56 Å². The molecule has 5 nitrogen and oxygen atoms in total. The summed E-state index contributed by atoms with van der Waals surface area (Å²) in [6, 6.07) is 6.90. The van der Waals surface area contributed by atoms with Crippen molar-refractivity contribution < 1.29 is 5.11 Å². The quantitative estimate of drug-likeness (QED) is 0.729. The molecule has 3 aromatic rings. The lowest BCUT2D eigenvalue weighted by Gasteiger charge is -2.10. The second-order valence-corrected chi connectivity index (χ2v) is 7.05. The van der Waals surface area contributed by atoms with Gasteiger partial charge in [-0.3, -0.25) is 4.79 Å². The molecule has 0 saturated heterocycles. The van der Waals surface area contributed by atoms with Gasteiger partial charge in [0.15, 0.2) is 0 Å². The minimum Gasteiger partial charge on any atom is -0.507 e. The van der Waals surface area contributed by atoms with Gasteiger partial charge in [-0.1, -0.05) is 12.1 Å². The van der Waals surface area contributed by atoms with Gasteiger partial charge in [0.1, 0.15) is 16.4 Å². The highest BCUT2D eigenvalue weighted by molar-refractivity contribution is 7.18. The number of para-hydroxylation sites is 1. The van der Waals surface area contributed by atoms with E-state index in [2.05, 4.69) is 10.1 Å². The molecule has 1 aliphatic rings. The van der Waals surface area contributed by atoms with E-state index in [0.29, 0.717) is 11.4 Å². The molecule has 1 aliphatic carbocycles. The first kappa shape index (κ1) is 15.1. The van der Waals surface area contributed by atoms with E-state index in [0.717, 1.165) is 35.0 Å². The van der Waals surface area contributed by atoms with Crippen LogP contribution in [0.1, 0.15) is 34.7 Å². The summed E-state index contributed by atoms with van der Waals surface area (Å²) in [5, 5.41) is 14.8. The maximum Gasteiger partial charge on any atom is 0.283 e. The number of phenols is 1. The highest BCUT2D eigenvalue weighted by Gasteiger charge is 2.21. The molecule has 122 valence electrons. The normalized spacial score (nSPS) is 14.4. The van der Waals surface area contributed by atoms with Crippen molar-refractivity contribution >= 4 is 27.8 Å². The fraction of sp³-hybridized carbons (Fsp3) is 0.278. The Morgan fingerprint density at radius 2 is 2.08 bits per heavy atom. The van der Waals surface area contributed by atoms with Crippen LogP contribution in [0.25, 0.3) is 10.2 Å². The number of rotatable bonds is 2. The molecule has 2 aromatic heterocycles.